The molecule has 0 aliphatic heterocycles. The van der Waals surface area contributed by atoms with Crippen molar-refractivity contribution < 1.29 is 0 Å². The Bertz CT molecular complexity index is 92.2. The summed E-state index contributed by atoms with van der Waals surface area (Å²) in [6.45, 7) is 2.87. The van der Waals surface area contributed by atoms with E-state index in [4.69, 9.17) is 5.73 Å². The van der Waals surface area contributed by atoms with Crippen LogP contribution in [0.4, 0.5) is 0 Å². The first-order valence-corrected chi connectivity index (χ1v) is 4.12. The molecule has 0 aromatic rings. The van der Waals surface area contributed by atoms with Crippen LogP contribution >= 0.6 is 11.9 Å². The molecule has 0 rings (SSSR count). The molecule has 0 aliphatic carbocycles. The fourth-order valence-electron chi connectivity index (χ4n) is 0.369. The Balaban J connectivity index is 3.30. The molecule has 0 aromatic carbocycles. The fourth-order valence-corrected chi connectivity index (χ4v) is 0.643. The Hall–Kier alpha value is -0.380. The van der Waals surface area contributed by atoms with E-state index in [-0.39, 0.29) is 0 Å². The molecule has 0 unspecified atom stereocenters. The zero-order chi connectivity index (χ0) is 7.11. The third kappa shape index (κ3) is 5.49. The Labute approximate surface area is 60.2 Å². The number of hydrogen-bond acceptors (Lipinski definition) is 2. The third-order valence-electron chi connectivity index (χ3n) is 0.712. The predicted molar refractivity (Wildman–Crippen MR) is 43.4 cm³/mol. The molecule has 54 valence electrons. The molecule has 0 aromatic heterocycles. The lowest BCUT2D eigenvalue weighted by Crippen LogP contribution is -2.25. The molecule has 4 heteroatoms. The van der Waals surface area contributed by atoms with Crippen molar-refractivity contribution >= 4 is 17.9 Å². The molecule has 0 amide bonds. The van der Waals surface area contributed by atoms with Crippen LogP contribution in [0.1, 0.15) is 13.3 Å². The van der Waals surface area contributed by atoms with Gasteiger partial charge in [-0.05, 0) is 6.42 Å². The highest BCUT2D eigenvalue weighted by Crippen LogP contribution is 1.81. The molecule has 0 fully saturated rings. The van der Waals surface area contributed by atoms with Crippen LogP contribution in [0.15, 0.2) is 4.99 Å². The van der Waals surface area contributed by atoms with Crippen molar-refractivity contribution in [2.45, 2.75) is 13.3 Å². The van der Waals surface area contributed by atoms with Crippen molar-refractivity contribution in [3.8, 4) is 0 Å². The van der Waals surface area contributed by atoms with E-state index in [1.807, 2.05) is 6.26 Å². The van der Waals surface area contributed by atoms with Gasteiger partial charge in [0.15, 0.2) is 5.96 Å². The smallest absolute Gasteiger partial charge is 0.198 e. The Morgan fingerprint density at radius 2 is 2.44 bits per heavy atom. The summed E-state index contributed by atoms with van der Waals surface area (Å²) in [5, 5.41) is 0. The summed E-state index contributed by atoms with van der Waals surface area (Å²) in [7, 11) is 0. The number of guanidine groups is 1. The van der Waals surface area contributed by atoms with Gasteiger partial charge in [0.2, 0.25) is 0 Å². The maximum absolute atomic E-state index is 5.39. The molecule has 3 nitrogen and oxygen atoms in total. The highest BCUT2D eigenvalue weighted by atomic mass is 32.2. The van der Waals surface area contributed by atoms with Gasteiger partial charge in [-0.2, -0.15) is 0 Å². The molecule has 0 spiro atoms. The predicted octanol–water partition coefficient (Wildman–Crippen LogP) is 0.579. The van der Waals surface area contributed by atoms with Gasteiger partial charge in [0.25, 0.3) is 0 Å². The van der Waals surface area contributed by atoms with Crippen molar-refractivity contribution in [1.29, 1.82) is 0 Å². The lowest BCUT2D eigenvalue weighted by atomic mass is 10.5. The van der Waals surface area contributed by atoms with Crippen molar-refractivity contribution in [2.75, 3.05) is 12.8 Å². The van der Waals surface area contributed by atoms with Crippen LogP contribution in [-0.2, 0) is 0 Å². The number of nitrogens with zero attached hydrogens (tertiary/aromatic N) is 1. The van der Waals surface area contributed by atoms with E-state index < -0.39 is 0 Å². The van der Waals surface area contributed by atoms with Crippen LogP contribution < -0.4 is 10.5 Å². The first-order valence-electron chi connectivity index (χ1n) is 2.90. The molecule has 0 bridgehead atoms. The van der Waals surface area contributed by atoms with Crippen LogP contribution in [-0.4, -0.2) is 18.8 Å². The third-order valence-corrected chi connectivity index (χ3v) is 1.13. The second kappa shape index (κ2) is 5.75. The van der Waals surface area contributed by atoms with E-state index in [2.05, 4.69) is 16.6 Å². The zero-order valence-electron chi connectivity index (χ0n) is 5.85. The normalized spacial score (nSPS) is 11.6. The average molecular weight is 147 g/mol. The van der Waals surface area contributed by atoms with Crippen LogP contribution in [0.3, 0.4) is 0 Å². The number of hydrogen-bond donors (Lipinski definition) is 2. The Morgan fingerprint density at radius 1 is 1.78 bits per heavy atom. The molecular formula is C5H13N3S. The summed E-state index contributed by atoms with van der Waals surface area (Å²) in [5.74, 6) is 0.518. The van der Waals surface area contributed by atoms with E-state index in [0.29, 0.717) is 5.96 Å². The van der Waals surface area contributed by atoms with Crippen LogP contribution in [0, 0.1) is 0 Å². The maximum atomic E-state index is 5.39. The largest absolute Gasteiger partial charge is 0.369 e. The minimum atomic E-state index is 0.518. The van der Waals surface area contributed by atoms with Crippen molar-refractivity contribution in [3.63, 3.8) is 0 Å². The molecule has 0 aliphatic rings. The Kier molecular flexibility index (Phi) is 5.51. The Morgan fingerprint density at radius 3 is 2.89 bits per heavy atom. The van der Waals surface area contributed by atoms with E-state index in [1.165, 1.54) is 11.9 Å². The lowest BCUT2D eigenvalue weighted by molar-refractivity contribution is 0.925. The number of nitrogens with two attached hydrogens (primary N) is 1. The minimum absolute atomic E-state index is 0.518. The zero-order valence-corrected chi connectivity index (χ0v) is 6.66. The van der Waals surface area contributed by atoms with Gasteiger partial charge < -0.3 is 10.5 Å². The first-order chi connectivity index (χ1) is 4.31. The average Bonchev–Trinajstić information content (AvgIpc) is 1.85. The monoisotopic (exact) mass is 147 g/mol. The van der Waals surface area contributed by atoms with E-state index in [0.717, 1.165) is 13.0 Å². The number of nitrogens with one attached hydrogen (secondary N) is 1. The van der Waals surface area contributed by atoms with Crippen molar-refractivity contribution in [3.05, 3.63) is 0 Å². The van der Waals surface area contributed by atoms with Gasteiger partial charge in [0.05, 0.1) is 0 Å². The number of rotatable bonds is 3. The van der Waals surface area contributed by atoms with Gasteiger partial charge in [-0.25, -0.2) is 0 Å². The van der Waals surface area contributed by atoms with Gasteiger partial charge in [-0.15, -0.1) is 0 Å². The van der Waals surface area contributed by atoms with Gasteiger partial charge in [0, 0.05) is 12.8 Å². The second-order valence-electron chi connectivity index (χ2n) is 1.57. The van der Waals surface area contributed by atoms with Gasteiger partial charge >= 0.3 is 0 Å². The van der Waals surface area contributed by atoms with E-state index in [9.17, 15) is 0 Å². The topological polar surface area (TPSA) is 50.4 Å². The van der Waals surface area contributed by atoms with Crippen LogP contribution in [0.25, 0.3) is 0 Å². The maximum Gasteiger partial charge on any atom is 0.198 e. The molecule has 0 saturated heterocycles. The molecule has 0 saturated carbocycles. The van der Waals surface area contributed by atoms with E-state index in [1.54, 1.807) is 0 Å². The van der Waals surface area contributed by atoms with Crippen molar-refractivity contribution in [1.82, 2.24) is 4.72 Å². The molecule has 3 N–H and O–H groups in total. The summed E-state index contributed by atoms with van der Waals surface area (Å²) >= 11 is 1.45. The van der Waals surface area contributed by atoms with E-state index >= 15 is 0 Å². The van der Waals surface area contributed by atoms with Crippen LogP contribution in [0.2, 0.25) is 0 Å². The SMILES string of the molecule is CCCN=C(N)NSC. The summed E-state index contributed by atoms with van der Waals surface area (Å²) in [4.78, 5) is 3.99. The quantitative estimate of drug-likeness (QED) is 0.349. The molecule has 0 atom stereocenters. The standard InChI is InChI=1S/C5H13N3S/c1-3-4-7-5(6)8-9-2/h3-4H2,1-2H3,(H3,6,7,8). The van der Waals surface area contributed by atoms with Crippen LogP contribution in [0.5, 0.6) is 0 Å². The summed E-state index contributed by atoms with van der Waals surface area (Å²) in [6, 6.07) is 0. The van der Waals surface area contributed by atoms with Crippen molar-refractivity contribution in [2.24, 2.45) is 10.7 Å². The fraction of sp³-hybridized carbons (Fsp3) is 0.800. The lowest BCUT2D eigenvalue weighted by Gasteiger charge is -1.97. The number of aliphatic imine (C=N–C) groups is 1. The van der Waals surface area contributed by atoms with Gasteiger partial charge in [-0.3, -0.25) is 4.99 Å². The first kappa shape index (κ1) is 8.62. The molecule has 0 heterocycles. The summed E-state index contributed by atoms with van der Waals surface area (Å²) < 4.78 is 2.82. The molecular weight excluding hydrogens is 134 g/mol. The molecule has 9 heavy (non-hydrogen) atoms. The summed E-state index contributed by atoms with van der Waals surface area (Å²) in [6.07, 6.45) is 2.95. The van der Waals surface area contributed by atoms with Gasteiger partial charge in [0.1, 0.15) is 0 Å². The summed E-state index contributed by atoms with van der Waals surface area (Å²) in [5.41, 5.74) is 5.39. The minimum Gasteiger partial charge on any atom is -0.369 e. The van der Waals surface area contributed by atoms with Gasteiger partial charge in [-0.1, -0.05) is 18.9 Å². The second-order valence-corrected chi connectivity index (χ2v) is 2.19. The highest BCUT2D eigenvalue weighted by Gasteiger charge is 1.83. The molecule has 0 radical (unpaired) electrons. The highest BCUT2D eigenvalue weighted by molar-refractivity contribution is 7.97.